The summed E-state index contributed by atoms with van der Waals surface area (Å²) in [7, 11) is 0. The zero-order valence-electron chi connectivity index (χ0n) is 10.9. The van der Waals surface area contributed by atoms with Crippen molar-refractivity contribution in [3.8, 4) is 0 Å². The topological polar surface area (TPSA) is 32.3 Å². The van der Waals surface area contributed by atoms with Crippen LogP contribution in [0.25, 0.3) is 0 Å². The highest BCUT2D eigenvalue weighted by Gasteiger charge is 2.17. The van der Waals surface area contributed by atoms with Crippen LogP contribution in [0.5, 0.6) is 0 Å². The van der Waals surface area contributed by atoms with Crippen LogP contribution in [0, 0.1) is 13.8 Å². The van der Waals surface area contributed by atoms with E-state index in [1.54, 1.807) is 0 Å². The van der Waals surface area contributed by atoms with Gasteiger partial charge in [0.05, 0.1) is 6.10 Å². The molecule has 0 saturated heterocycles. The summed E-state index contributed by atoms with van der Waals surface area (Å²) in [6.07, 6.45) is 4.81. The van der Waals surface area contributed by atoms with Crippen molar-refractivity contribution < 1.29 is 5.11 Å². The first kappa shape index (κ1) is 12.6. The summed E-state index contributed by atoms with van der Waals surface area (Å²) < 4.78 is 0. The molecule has 1 aromatic rings. The molecule has 1 unspecified atom stereocenters. The molecule has 1 saturated carbocycles. The van der Waals surface area contributed by atoms with Gasteiger partial charge in [0.1, 0.15) is 0 Å². The second-order valence-electron chi connectivity index (χ2n) is 5.27. The van der Waals surface area contributed by atoms with E-state index in [0.717, 1.165) is 5.56 Å². The van der Waals surface area contributed by atoms with Crippen LogP contribution in [0.2, 0.25) is 0 Å². The number of hydrogen-bond donors (Lipinski definition) is 2. The van der Waals surface area contributed by atoms with Gasteiger partial charge in [-0.15, -0.1) is 0 Å². The molecule has 1 aromatic carbocycles. The Balaban J connectivity index is 1.93. The van der Waals surface area contributed by atoms with Crippen molar-refractivity contribution >= 4 is 0 Å². The maximum Gasteiger partial charge on any atom is 0.0917 e. The molecule has 0 aliphatic heterocycles. The summed E-state index contributed by atoms with van der Waals surface area (Å²) in [6.45, 7) is 4.81. The van der Waals surface area contributed by atoms with Crippen molar-refractivity contribution in [3.63, 3.8) is 0 Å². The van der Waals surface area contributed by atoms with Gasteiger partial charge in [-0.25, -0.2) is 0 Å². The maximum absolute atomic E-state index is 10.2. The molecule has 1 atom stereocenters. The number of hydrogen-bond acceptors (Lipinski definition) is 2. The zero-order chi connectivity index (χ0) is 12.3. The summed E-state index contributed by atoms with van der Waals surface area (Å²) >= 11 is 0. The normalized spacial score (nSPS) is 18.5. The molecule has 0 bridgehead atoms. The highest BCUT2D eigenvalue weighted by atomic mass is 16.3. The van der Waals surface area contributed by atoms with E-state index >= 15 is 0 Å². The minimum atomic E-state index is -0.379. The van der Waals surface area contributed by atoms with Crippen LogP contribution in [0.4, 0.5) is 0 Å². The second-order valence-corrected chi connectivity index (χ2v) is 5.27. The third-order valence-electron chi connectivity index (χ3n) is 3.75. The van der Waals surface area contributed by atoms with Gasteiger partial charge in [0.25, 0.3) is 0 Å². The fourth-order valence-electron chi connectivity index (χ4n) is 2.64. The first-order valence-electron chi connectivity index (χ1n) is 6.65. The lowest BCUT2D eigenvalue weighted by Gasteiger charge is -2.18. The molecule has 0 heterocycles. The molecule has 0 radical (unpaired) electrons. The lowest BCUT2D eigenvalue weighted by Crippen LogP contribution is -2.30. The Labute approximate surface area is 104 Å². The van der Waals surface area contributed by atoms with Gasteiger partial charge >= 0.3 is 0 Å². The monoisotopic (exact) mass is 233 g/mol. The molecule has 1 aliphatic rings. The third-order valence-corrected chi connectivity index (χ3v) is 3.75. The van der Waals surface area contributed by atoms with Crippen LogP contribution < -0.4 is 5.32 Å². The van der Waals surface area contributed by atoms with Crippen molar-refractivity contribution in [2.24, 2.45) is 0 Å². The number of benzene rings is 1. The minimum absolute atomic E-state index is 0.379. The van der Waals surface area contributed by atoms with E-state index in [4.69, 9.17) is 0 Å². The molecular formula is C15H23NO. The molecule has 0 amide bonds. The Morgan fingerprint density at radius 2 is 2.00 bits per heavy atom. The van der Waals surface area contributed by atoms with Crippen LogP contribution in [-0.4, -0.2) is 17.7 Å². The predicted molar refractivity (Wildman–Crippen MR) is 71.1 cm³/mol. The molecule has 2 rings (SSSR count). The van der Waals surface area contributed by atoms with Crippen molar-refractivity contribution in [1.82, 2.24) is 5.32 Å². The smallest absolute Gasteiger partial charge is 0.0917 e. The molecule has 0 spiro atoms. The van der Waals surface area contributed by atoms with Crippen molar-refractivity contribution in [2.45, 2.75) is 51.7 Å². The van der Waals surface area contributed by atoms with E-state index in [2.05, 4.69) is 37.4 Å². The van der Waals surface area contributed by atoms with Crippen LogP contribution in [0.3, 0.4) is 0 Å². The molecule has 1 fully saturated rings. The number of aryl methyl sites for hydroxylation is 2. The molecule has 17 heavy (non-hydrogen) atoms. The van der Waals surface area contributed by atoms with E-state index in [0.29, 0.717) is 12.6 Å². The van der Waals surface area contributed by atoms with Gasteiger partial charge in [-0.05, 0) is 37.8 Å². The van der Waals surface area contributed by atoms with Crippen molar-refractivity contribution in [3.05, 3.63) is 34.9 Å². The molecule has 2 N–H and O–H groups in total. The predicted octanol–water partition coefficient (Wildman–Crippen LogP) is 2.87. The van der Waals surface area contributed by atoms with Gasteiger partial charge in [0.2, 0.25) is 0 Å². The van der Waals surface area contributed by atoms with Gasteiger partial charge < -0.3 is 10.4 Å². The van der Waals surface area contributed by atoms with Gasteiger partial charge in [0.15, 0.2) is 0 Å². The highest BCUT2D eigenvalue weighted by Crippen LogP contribution is 2.21. The summed E-state index contributed by atoms with van der Waals surface area (Å²) in [4.78, 5) is 0. The number of nitrogens with one attached hydrogen (secondary N) is 1. The fraction of sp³-hybridized carbons (Fsp3) is 0.600. The minimum Gasteiger partial charge on any atom is -0.387 e. The van der Waals surface area contributed by atoms with Crippen molar-refractivity contribution in [1.29, 1.82) is 0 Å². The maximum atomic E-state index is 10.2. The quantitative estimate of drug-likeness (QED) is 0.838. The standard InChI is InChI=1S/C15H23NO/c1-11-7-8-12(2)14(9-11)15(17)10-16-13-5-3-4-6-13/h7-9,13,15-17H,3-6,10H2,1-2H3. The van der Waals surface area contributed by atoms with Crippen LogP contribution in [-0.2, 0) is 0 Å². The van der Waals surface area contributed by atoms with Crippen LogP contribution >= 0.6 is 0 Å². The zero-order valence-corrected chi connectivity index (χ0v) is 10.9. The van der Waals surface area contributed by atoms with Crippen LogP contribution in [0.15, 0.2) is 18.2 Å². The summed E-state index contributed by atoms with van der Waals surface area (Å²) in [5.41, 5.74) is 3.46. The number of aliphatic hydroxyl groups is 1. The third kappa shape index (κ3) is 3.30. The Morgan fingerprint density at radius 1 is 1.29 bits per heavy atom. The molecule has 2 heteroatoms. The molecular weight excluding hydrogens is 210 g/mol. The van der Waals surface area contributed by atoms with Crippen LogP contribution in [0.1, 0.15) is 48.5 Å². The molecule has 0 aromatic heterocycles. The average molecular weight is 233 g/mol. The Hall–Kier alpha value is -0.860. The van der Waals surface area contributed by atoms with Gasteiger partial charge in [0, 0.05) is 12.6 Å². The van der Waals surface area contributed by atoms with E-state index in [-0.39, 0.29) is 6.10 Å². The summed E-state index contributed by atoms with van der Waals surface area (Å²) in [6, 6.07) is 6.89. The SMILES string of the molecule is Cc1ccc(C)c(C(O)CNC2CCCC2)c1. The average Bonchev–Trinajstić information content (AvgIpc) is 2.82. The number of aliphatic hydroxyl groups excluding tert-OH is 1. The Kier molecular flexibility index (Phi) is 4.19. The lowest BCUT2D eigenvalue weighted by atomic mass is 10.0. The van der Waals surface area contributed by atoms with Gasteiger partial charge in [-0.3, -0.25) is 0 Å². The second kappa shape index (κ2) is 5.65. The number of rotatable bonds is 4. The van der Waals surface area contributed by atoms with E-state index in [1.807, 2.05) is 0 Å². The summed E-state index contributed by atoms with van der Waals surface area (Å²) in [5, 5.41) is 13.7. The van der Waals surface area contributed by atoms with Crippen molar-refractivity contribution in [2.75, 3.05) is 6.54 Å². The first-order chi connectivity index (χ1) is 8.16. The summed E-state index contributed by atoms with van der Waals surface area (Å²) in [5.74, 6) is 0. The first-order valence-corrected chi connectivity index (χ1v) is 6.65. The Bertz CT molecular complexity index is 369. The van der Waals surface area contributed by atoms with E-state index in [9.17, 15) is 5.11 Å². The van der Waals surface area contributed by atoms with E-state index < -0.39 is 0 Å². The van der Waals surface area contributed by atoms with Gasteiger partial charge in [-0.2, -0.15) is 0 Å². The largest absolute Gasteiger partial charge is 0.387 e. The molecule has 2 nitrogen and oxygen atoms in total. The van der Waals surface area contributed by atoms with Gasteiger partial charge in [-0.1, -0.05) is 36.6 Å². The molecule has 1 aliphatic carbocycles. The highest BCUT2D eigenvalue weighted by molar-refractivity contribution is 5.32. The fourth-order valence-corrected chi connectivity index (χ4v) is 2.64. The van der Waals surface area contributed by atoms with E-state index in [1.165, 1.54) is 36.8 Å². The molecule has 94 valence electrons. The Morgan fingerprint density at radius 3 is 2.71 bits per heavy atom. The lowest BCUT2D eigenvalue weighted by molar-refractivity contribution is 0.169.